The Hall–Kier alpha value is -5.71. The first kappa shape index (κ1) is 45.1. The van der Waals surface area contributed by atoms with Crippen molar-refractivity contribution in [1.82, 2.24) is 4.98 Å². The van der Waals surface area contributed by atoms with Gasteiger partial charge in [-0.3, -0.25) is 10.5 Å². The number of H-pyrrole nitrogens is 1. The van der Waals surface area contributed by atoms with Gasteiger partial charge in [0.25, 0.3) is 0 Å². The molecular formula is C57H66N2O8. The van der Waals surface area contributed by atoms with Crippen molar-refractivity contribution < 1.29 is 39.8 Å². The maximum Gasteiger partial charge on any atom is 0.200 e. The van der Waals surface area contributed by atoms with Crippen LogP contribution in [-0.2, 0) is 23.2 Å². The molecule has 8 N–H and O–H groups in total. The summed E-state index contributed by atoms with van der Waals surface area (Å²) in [5.74, 6) is -0.121. The fraction of sp³-hybridized carbons (Fsp3) is 0.456. The van der Waals surface area contributed by atoms with Gasteiger partial charge in [-0.1, -0.05) is 87.7 Å². The van der Waals surface area contributed by atoms with Crippen LogP contribution in [0.3, 0.4) is 0 Å². The van der Waals surface area contributed by atoms with Crippen molar-refractivity contribution in [3.8, 4) is 45.8 Å². The van der Waals surface area contributed by atoms with Gasteiger partial charge in [-0.25, -0.2) is 0 Å². The standard InChI is InChI=1S/C57H66N2O8/c1-33(2)12-15-37-29-56(21-5-6-22-56)31-57(44-11-4-3-10-40(44)53-42(52(37)57)20-23-59-53)45-26-36-16-18-41(47(63)27-39(61)17-13-34-14-19-46(62)49(25-34)67-32-58)51(45)43-28-48(64)54(65)55(50(36)43)66-30-35-8-7-9-38(60)24-35/h3-4,7-11,14,16,18-20,23-25,28,33,36-37,41,45,47,51-52,59-60,62-65H,5-6,12-13,15,17,21-22,26-27,29-32,58H2,1-2H3. The monoisotopic (exact) mass is 906 g/mol. The number of nitrogens with two attached hydrogens (primary N) is 1. The number of carbonyl (C=O) groups is 1. The topological polar surface area (TPSA) is 178 Å². The number of carbonyl (C=O) groups excluding carboxylic acids is 1. The summed E-state index contributed by atoms with van der Waals surface area (Å²) in [4.78, 5) is 17.8. The van der Waals surface area contributed by atoms with Crippen LogP contribution in [0, 0.1) is 29.1 Å². The highest BCUT2D eigenvalue weighted by molar-refractivity contribution is 5.79. The van der Waals surface area contributed by atoms with Gasteiger partial charge in [0.05, 0.1) is 6.10 Å². The molecule has 10 nitrogen and oxygen atoms in total. The van der Waals surface area contributed by atoms with Crippen molar-refractivity contribution in [2.45, 2.75) is 127 Å². The SMILES string of the molecule is CC(C)CCC1CC2(CCCC2)CC2(C3CC4C=CC(C(O)CC(=O)CCc5ccc(O)c(OCN)c5)C3c3cc(O)c(O)c(OCc5cccc(O)c5)c34)c3ccccc3-c3[nH]ccc3C12. The number of allylic oxidation sites excluding steroid dienone is 1. The maximum absolute atomic E-state index is 14.1. The minimum Gasteiger partial charge on any atom is -0.508 e. The van der Waals surface area contributed by atoms with Gasteiger partial charge in [-0.15, -0.1) is 0 Å². The molecule has 0 saturated heterocycles. The predicted octanol–water partition coefficient (Wildman–Crippen LogP) is 11.1. The van der Waals surface area contributed by atoms with Crippen molar-refractivity contribution in [3.05, 3.63) is 131 Å². The lowest BCUT2D eigenvalue weighted by molar-refractivity contribution is -0.121. The van der Waals surface area contributed by atoms with E-state index in [9.17, 15) is 30.3 Å². The van der Waals surface area contributed by atoms with Gasteiger partial charge < -0.3 is 40.0 Å². The van der Waals surface area contributed by atoms with Crippen LogP contribution in [0.25, 0.3) is 11.3 Å². The first-order chi connectivity index (χ1) is 32.4. The molecule has 2 fully saturated rings. The third-order valence-corrected chi connectivity index (χ3v) is 16.7. The normalized spacial score (nSPS) is 25.8. The summed E-state index contributed by atoms with van der Waals surface area (Å²) in [5.41, 5.74) is 13.7. The summed E-state index contributed by atoms with van der Waals surface area (Å²) in [6.07, 6.45) is 15.9. The Labute approximate surface area is 393 Å². The van der Waals surface area contributed by atoms with Gasteiger partial charge in [0.1, 0.15) is 24.9 Å². The van der Waals surface area contributed by atoms with E-state index in [0.717, 1.165) is 42.4 Å². The lowest BCUT2D eigenvalue weighted by Crippen LogP contribution is -2.56. The molecule has 1 heterocycles. The number of aromatic nitrogens is 1. The van der Waals surface area contributed by atoms with Crippen LogP contribution in [0.5, 0.6) is 34.5 Å². The molecule has 8 unspecified atom stereocenters. The molecule has 0 radical (unpaired) electrons. The number of phenols is 4. The molecule has 1 spiro atoms. The third-order valence-electron chi connectivity index (χ3n) is 16.7. The molecule has 1 aromatic heterocycles. The molecule has 0 amide bonds. The lowest BCUT2D eigenvalue weighted by atomic mass is 9.40. The fourth-order valence-electron chi connectivity index (χ4n) is 14.2. The van der Waals surface area contributed by atoms with Crippen LogP contribution in [0.2, 0.25) is 0 Å². The largest absolute Gasteiger partial charge is 0.508 e. The van der Waals surface area contributed by atoms with E-state index in [-0.39, 0.29) is 101 Å². The number of fused-ring (bicyclic) bond motifs is 9. The van der Waals surface area contributed by atoms with Gasteiger partial charge in [0.15, 0.2) is 23.0 Å². The molecule has 4 aromatic carbocycles. The minimum absolute atomic E-state index is 0.0221. The quantitative estimate of drug-likeness (QED) is 0.0306. The first-order valence-corrected chi connectivity index (χ1v) is 24.7. The van der Waals surface area contributed by atoms with E-state index >= 15 is 0 Å². The third kappa shape index (κ3) is 8.07. The number of ether oxygens (including phenoxy) is 2. The average molecular weight is 907 g/mol. The van der Waals surface area contributed by atoms with Crippen LogP contribution in [0.15, 0.2) is 97.2 Å². The molecule has 0 aliphatic heterocycles. The van der Waals surface area contributed by atoms with E-state index in [1.165, 1.54) is 54.5 Å². The molecular weight excluding hydrogens is 841 g/mol. The van der Waals surface area contributed by atoms with Crippen molar-refractivity contribution in [2.75, 3.05) is 6.73 Å². The van der Waals surface area contributed by atoms with Gasteiger partial charge in [-0.2, -0.15) is 0 Å². The average Bonchev–Trinajstić information content (AvgIpc) is 3.90. The second-order valence-corrected chi connectivity index (χ2v) is 21.1. The van der Waals surface area contributed by atoms with Crippen molar-refractivity contribution in [2.24, 2.45) is 34.8 Å². The summed E-state index contributed by atoms with van der Waals surface area (Å²) in [7, 11) is 0. The molecule has 2 saturated carbocycles. The highest BCUT2D eigenvalue weighted by atomic mass is 16.5. The number of rotatable bonds is 15. The first-order valence-electron chi connectivity index (χ1n) is 24.7. The highest BCUT2D eigenvalue weighted by Crippen LogP contribution is 2.73. The Morgan fingerprint density at radius 3 is 2.51 bits per heavy atom. The Bertz CT molecular complexity index is 2660. The molecule has 8 atom stereocenters. The number of ketones is 1. The number of hydrogen-bond donors (Lipinski definition) is 7. The molecule has 67 heavy (non-hydrogen) atoms. The molecule has 2 bridgehead atoms. The van der Waals surface area contributed by atoms with E-state index in [0.29, 0.717) is 23.8 Å². The van der Waals surface area contributed by atoms with Crippen molar-refractivity contribution in [3.63, 3.8) is 0 Å². The van der Waals surface area contributed by atoms with Gasteiger partial charge in [0.2, 0.25) is 5.75 Å². The maximum atomic E-state index is 14.1. The Morgan fingerprint density at radius 2 is 1.72 bits per heavy atom. The number of aromatic amines is 1. The van der Waals surface area contributed by atoms with Crippen LogP contribution >= 0.6 is 0 Å². The van der Waals surface area contributed by atoms with Crippen molar-refractivity contribution in [1.29, 1.82) is 0 Å². The minimum atomic E-state index is -1.05. The second-order valence-electron chi connectivity index (χ2n) is 21.1. The molecule has 352 valence electrons. The van der Waals surface area contributed by atoms with Gasteiger partial charge >= 0.3 is 0 Å². The lowest BCUT2D eigenvalue weighted by Gasteiger charge is -2.63. The van der Waals surface area contributed by atoms with Gasteiger partial charge in [-0.05, 0) is 144 Å². The zero-order valence-corrected chi connectivity index (χ0v) is 38.8. The smallest absolute Gasteiger partial charge is 0.200 e. The van der Waals surface area contributed by atoms with Crippen LogP contribution < -0.4 is 15.2 Å². The van der Waals surface area contributed by atoms with Crippen molar-refractivity contribution >= 4 is 5.78 Å². The molecule has 5 aromatic rings. The number of aromatic hydroxyl groups is 4. The Morgan fingerprint density at radius 1 is 0.896 bits per heavy atom. The van der Waals surface area contributed by atoms with E-state index < -0.39 is 12.0 Å². The zero-order chi connectivity index (χ0) is 46.6. The number of hydrogen-bond acceptors (Lipinski definition) is 9. The second kappa shape index (κ2) is 18.1. The van der Waals surface area contributed by atoms with Crippen LogP contribution in [-0.4, -0.2) is 49.1 Å². The summed E-state index contributed by atoms with van der Waals surface area (Å²) in [6, 6.07) is 24.9. The highest BCUT2D eigenvalue weighted by Gasteiger charge is 2.64. The zero-order valence-electron chi connectivity index (χ0n) is 38.8. The van der Waals surface area contributed by atoms with E-state index in [2.05, 4.69) is 67.5 Å². The number of aryl methyl sites for hydroxylation is 1. The van der Waals surface area contributed by atoms with E-state index in [1.807, 2.05) is 6.07 Å². The van der Waals surface area contributed by atoms with E-state index in [4.69, 9.17) is 15.2 Å². The van der Waals surface area contributed by atoms with Gasteiger partial charge in [0, 0.05) is 53.1 Å². The Kier molecular flexibility index (Phi) is 12.2. The van der Waals surface area contributed by atoms with Crippen LogP contribution in [0.4, 0.5) is 0 Å². The summed E-state index contributed by atoms with van der Waals surface area (Å²) in [5, 5.41) is 56.9. The molecule has 6 aliphatic rings. The van der Waals surface area contributed by atoms with E-state index in [1.54, 1.807) is 42.5 Å². The fourth-order valence-corrected chi connectivity index (χ4v) is 14.2. The molecule has 10 heteroatoms. The molecule has 11 rings (SSSR count). The number of benzene rings is 4. The number of aliphatic hydroxyl groups is 1. The predicted molar refractivity (Wildman–Crippen MR) is 259 cm³/mol. The summed E-state index contributed by atoms with van der Waals surface area (Å²) < 4.78 is 11.9. The summed E-state index contributed by atoms with van der Waals surface area (Å²) in [6.45, 7) is 4.63. The number of nitrogens with one attached hydrogen (secondary N) is 1. The number of Topliss-reactive ketones (excluding diaryl/α,β-unsaturated/α-hetero) is 1. The summed E-state index contributed by atoms with van der Waals surface area (Å²) >= 11 is 0. The Balaban J connectivity index is 1.11. The number of aliphatic hydroxyl groups excluding tert-OH is 1. The molecule has 6 aliphatic carbocycles. The van der Waals surface area contributed by atoms with Crippen LogP contribution in [0.1, 0.15) is 136 Å². The number of phenolic OH excluding ortho intramolecular Hbond substituents is 4.